The summed E-state index contributed by atoms with van der Waals surface area (Å²) in [5.41, 5.74) is 0.823. The maximum Gasteiger partial charge on any atom is 0.272 e. The third kappa shape index (κ3) is 4.49. The molecule has 3 nitrogen and oxygen atoms in total. The zero-order valence-corrected chi connectivity index (χ0v) is 10.7. The molecule has 0 saturated carbocycles. The van der Waals surface area contributed by atoms with E-state index in [1.807, 2.05) is 12.1 Å². The minimum absolute atomic E-state index is 0.393. The van der Waals surface area contributed by atoms with Crippen LogP contribution >= 0.6 is 0 Å². The summed E-state index contributed by atoms with van der Waals surface area (Å²) in [7, 11) is 1.49. The first-order chi connectivity index (χ1) is 8.69. The van der Waals surface area contributed by atoms with E-state index in [1.54, 1.807) is 6.07 Å². The van der Waals surface area contributed by atoms with Crippen molar-refractivity contribution in [2.75, 3.05) is 20.3 Å². The monoisotopic (exact) mass is 259 g/mol. The van der Waals surface area contributed by atoms with Crippen LogP contribution in [0.15, 0.2) is 18.2 Å². The molecule has 0 aromatic heterocycles. The number of para-hydroxylation sites is 1. The second kappa shape index (κ2) is 7.87. The van der Waals surface area contributed by atoms with Gasteiger partial charge in [-0.3, -0.25) is 0 Å². The van der Waals surface area contributed by atoms with Crippen LogP contribution in [0, 0.1) is 0 Å². The highest BCUT2D eigenvalue weighted by atomic mass is 19.3. The van der Waals surface area contributed by atoms with Crippen molar-refractivity contribution in [1.82, 2.24) is 5.32 Å². The first-order valence-corrected chi connectivity index (χ1v) is 5.96. The fourth-order valence-electron chi connectivity index (χ4n) is 1.57. The number of methoxy groups -OCH3 is 1. The standard InChI is InChI=1S/C13H19F2NO2/c1-3-7-16-8-10-5-4-6-11(17-2)13(10)18-9-12(14)15/h4-6,12,16H,3,7-9H2,1-2H3. The fourth-order valence-corrected chi connectivity index (χ4v) is 1.57. The number of nitrogens with one attached hydrogen (secondary N) is 1. The molecule has 0 aliphatic rings. The molecule has 5 heteroatoms. The Labute approximate surface area is 106 Å². The van der Waals surface area contributed by atoms with Gasteiger partial charge in [0.25, 0.3) is 6.43 Å². The van der Waals surface area contributed by atoms with Crippen LogP contribution in [0.3, 0.4) is 0 Å². The van der Waals surface area contributed by atoms with Crippen molar-refractivity contribution in [3.63, 3.8) is 0 Å². The van der Waals surface area contributed by atoms with Crippen molar-refractivity contribution < 1.29 is 18.3 Å². The number of benzene rings is 1. The highest BCUT2D eigenvalue weighted by Crippen LogP contribution is 2.31. The highest BCUT2D eigenvalue weighted by molar-refractivity contribution is 5.46. The highest BCUT2D eigenvalue weighted by Gasteiger charge is 2.12. The van der Waals surface area contributed by atoms with Gasteiger partial charge in [0, 0.05) is 12.1 Å². The molecule has 1 aromatic rings. The van der Waals surface area contributed by atoms with Gasteiger partial charge in [-0.1, -0.05) is 19.1 Å². The van der Waals surface area contributed by atoms with Gasteiger partial charge in [-0.2, -0.15) is 0 Å². The van der Waals surface area contributed by atoms with Crippen LogP contribution in [0.25, 0.3) is 0 Å². The van der Waals surface area contributed by atoms with Gasteiger partial charge in [0.1, 0.15) is 6.61 Å². The van der Waals surface area contributed by atoms with Crippen molar-refractivity contribution in [3.8, 4) is 11.5 Å². The molecule has 0 saturated heterocycles. The predicted molar refractivity (Wildman–Crippen MR) is 66.5 cm³/mol. The molecule has 0 bridgehead atoms. The van der Waals surface area contributed by atoms with E-state index < -0.39 is 13.0 Å². The van der Waals surface area contributed by atoms with Gasteiger partial charge in [-0.15, -0.1) is 0 Å². The fraction of sp³-hybridized carbons (Fsp3) is 0.538. The summed E-state index contributed by atoms with van der Waals surface area (Å²) in [5, 5.41) is 3.21. The Morgan fingerprint density at radius 3 is 2.72 bits per heavy atom. The van der Waals surface area contributed by atoms with Gasteiger partial charge in [0.05, 0.1) is 7.11 Å². The molecular weight excluding hydrogens is 240 g/mol. The van der Waals surface area contributed by atoms with Crippen molar-refractivity contribution >= 4 is 0 Å². The summed E-state index contributed by atoms with van der Waals surface area (Å²) in [4.78, 5) is 0. The minimum Gasteiger partial charge on any atom is -0.493 e. The molecule has 0 atom stereocenters. The number of alkyl halides is 2. The summed E-state index contributed by atoms with van der Waals surface area (Å²) in [5.74, 6) is 0.871. The molecule has 0 fully saturated rings. The summed E-state index contributed by atoms with van der Waals surface area (Å²) in [6.07, 6.45) is -1.48. The Balaban J connectivity index is 2.79. The van der Waals surface area contributed by atoms with Crippen LogP contribution in [-0.4, -0.2) is 26.7 Å². The summed E-state index contributed by atoms with van der Waals surface area (Å²) < 4.78 is 34.7. The third-order valence-corrected chi connectivity index (χ3v) is 2.38. The Bertz CT molecular complexity index is 359. The van der Waals surface area contributed by atoms with E-state index in [0.29, 0.717) is 18.0 Å². The average molecular weight is 259 g/mol. The second-order valence-corrected chi connectivity index (χ2v) is 3.83. The number of halogens is 2. The second-order valence-electron chi connectivity index (χ2n) is 3.83. The Hall–Kier alpha value is -1.36. The predicted octanol–water partition coefficient (Wildman–Crippen LogP) is 2.84. The van der Waals surface area contributed by atoms with Gasteiger partial charge >= 0.3 is 0 Å². The molecule has 0 heterocycles. The van der Waals surface area contributed by atoms with Crippen LogP contribution in [-0.2, 0) is 6.54 Å². The molecular formula is C13H19F2NO2. The van der Waals surface area contributed by atoms with Gasteiger partial charge in [-0.25, -0.2) is 8.78 Å². The summed E-state index contributed by atoms with van der Waals surface area (Å²) >= 11 is 0. The first kappa shape index (κ1) is 14.7. The van der Waals surface area contributed by atoms with Crippen molar-refractivity contribution in [2.24, 2.45) is 0 Å². The topological polar surface area (TPSA) is 30.5 Å². The third-order valence-electron chi connectivity index (χ3n) is 2.38. The number of rotatable bonds is 8. The lowest BCUT2D eigenvalue weighted by atomic mass is 10.2. The molecule has 18 heavy (non-hydrogen) atoms. The number of hydrogen-bond donors (Lipinski definition) is 1. The van der Waals surface area contributed by atoms with Crippen molar-refractivity contribution in [1.29, 1.82) is 0 Å². The zero-order valence-electron chi connectivity index (χ0n) is 10.7. The average Bonchev–Trinajstić information content (AvgIpc) is 2.37. The van der Waals surface area contributed by atoms with E-state index in [0.717, 1.165) is 18.5 Å². The molecule has 1 N–H and O–H groups in total. The maximum atomic E-state index is 12.2. The van der Waals surface area contributed by atoms with Crippen LogP contribution in [0.5, 0.6) is 11.5 Å². The van der Waals surface area contributed by atoms with E-state index in [4.69, 9.17) is 9.47 Å². The van der Waals surface area contributed by atoms with Gasteiger partial charge < -0.3 is 14.8 Å². The SMILES string of the molecule is CCCNCc1cccc(OC)c1OCC(F)F. The van der Waals surface area contributed by atoms with E-state index in [2.05, 4.69) is 12.2 Å². The van der Waals surface area contributed by atoms with Crippen LogP contribution in [0.1, 0.15) is 18.9 Å². The normalized spacial score (nSPS) is 10.7. The molecule has 0 aliphatic heterocycles. The van der Waals surface area contributed by atoms with E-state index >= 15 is 0 Å². The van der Waals surface area contributed by atoms with Crippen molar-refractivity contribution in [3.05, 3.63) is 23.8 Å². The van der Waals surface area contributed by atoms with Gasteiger partial charge in [0.15, 0.2) is 11.5 Å². The van der Waals surface area contributed by atoms with Crippen molar-refractivity contribution in [2.45, 2.75) is 26.3 Å². The quantitative estimate of drug-likeness (QED) is 0.728. The van der Waals surface area contributed by atoms with Crippen LogP contribution in [0.2, 0.25) is 0 Å². The molecule has 1 rings (SSSR count). The number of ether oxygens (including phenoxy) is 2. The summed E-state index contributed by atoms with van der Waals surface area (Å²) in [6.45, 7) is 2.88. The smallest absolute Gasteiger partial charge is 0.272 e. The Kier molecular flexibility index (Phi) is 6.43. The van der Waals surface area contributed by atoms with Gasteiger partial charge in [-0.05, 0) is 19.0 Å². The molecule has 102 valence electrons. The lowest BCUT2D eigenvalue weighted by Gasteiger charge is -2.15. The molecule has 0 unspecified atom stereocenters. The summed E-state index contributed by atoms with van der Waals surface area (Å²) in [6, 6.07) is 5.35. The lowest BCUT2D eigenvalue weighted by Crippen LogP contribution is -2.16. The molecule has 0 aliphatic carbocycles. The van der Waals surface area contributed by atoms with Crippen LogP contribution < -0.4 is 14.8 Å². The molecule has 0 spiro atoms. The lowest BCUT2D eigenvalue weighted by molar-refractivity contribution is 0.0799. The maximum absolute atomic E-state index is 12.2. The van der Waals surface area contributed by atoms with E-state index in [9.17, 15) is 8.78 Å². The van der Waals surface area contributed by atoms with Crippen LogP contribution in [0.4, 0.5) is 8.78 Å². The molecule has 1 aromatic carbocycles. The number of hydrogen-bond acceptors (Lipinski definition) is 3. The van der Waals surface area contributed by atoms with E-state index in [-0.39, 0.29) is 0 Å². The minimum atomic E-state index is -2.49. The molecule has 0 amide bonds. The van der Waals surface area contributed by atoms with E-state index in [1.165, 1.54) is 7.11 Å². The Morgan fingerprint density at radius 2 is 2.11 bits per heavy atom. The first-order valence-electron chi connectivity index (χ1n) is 5.96. The zero-order chi connectivity index (χ0) is 13.4. The molecule has 0 radical (unpaired) electrons. The largest absolute Gasteiger partial charge is 0.493 e. The van der Waals surface area contributed by atoms with Gasteiger partial charge in [0.2, 0.25) is 0 Å². The Morgan fingerprint density at radius 1 is 1.33 bits per heavy atom.